The normalized spacial score (nSPS) is 11.1. The van der Waals surface area contributed by atoms with Crippen LogP contribution in [0.2, 0.25) is 0 Å². The van der Waals surface area contributed by atoms with Crippen LogP contribution in [-0.2, 0) is 13.1 Å². The van der Waals surface area contributed by atoms with Crippen molar-refractivity contribution < 1.29 is 9.18 Å². The Hall–Kier alpha value is -3.52. The molecule has 7 nitrogen and oxygen atoms in total. The highest BCUT2D eigenvalue weighted by molar-refractivity contribution is 5.97. The van der Waals surface area contributed by atoms with Gasteiger partial charge in [-0.2, -0.15) is 0 Å². The van der Waals surface area contributed by atoms with Crippen LogP contribution in [0, 0.1) is 5.82 Å². The molecule has 0 radical (unpaired) electrons. The number of nitrogens with two attached hydrogens (primary N) is 1. The molecule has 0 fully saturated rings. The standard InChI is InChI=1S/C20H19FN6O/c1-2-27-17-7-6-14(20(28)25-22)11-16(17)24-18(27)12-26-9-8-23-19(26)13-4-3-5-15(21)10-13/h3-11H,2,12,22H2,1H3,(H,25,28). The van der Waals surface area contributed by atoms with E-state index in [1.165, 1.54) is 12.1 Å². The monoisotopic (exact) mass is 378 g/mol. The summed E-state index contributed by atoms with van der Waals surface area (Å²) in [5, 5.41) is 0. The average molecular weight is 378 g/mol. The number of aryl methyl sites for hydroxylation is 1. The predicted molar refractivity (Wildman–Crippen MR) is 104 cm³/mol. The van der Waals surface area contributed by atoms with Gasteiger partial charge in [0.05, 0.1) is 17.6 Å². The third-order valence-corrected chi connectivity index (χ3v) is 4.65. The number of carbonyl (C=O) groups is 1. The molecule has 8 heteroatoms. The number of halogens is 1. The Morgan fingerprint density at radius 2 is 2.11 bits per heavy atom. The van der Waals surface area contributed by atoms with Gasteiger partial charge in [-0.05, 0) is 37.3 Å². The lowest BCUT2D eigenvalue weighted by atomic mass is 10.2. The SMILES string of the molecule is CCn1c(Cn2ccnc2-c2cccc(F)c2)nc2cc(C(=O)NN)ccc21. The minimum absolute atomic E-state index is 0.307. The van der Waals surface area contributed by atoms with Crippen molar-refractivity contribution in [1.82, 2.24) is 24.5 Å². The largest absolute Gasteiger partial charge is 0.327 e. The van der Waals surface area contributed by atoms with Crippen molar-refractivity contribution in [1.29, 1.82) is 0 Å². The Balaban J connectivity index is 1.75. The number of nitrogen functional groups attached to an aromatic ring is 1. The van der Waals surface area contributed by atoms with E-state index in [4.69, 9.17) is 10.8 Å². The Morgan fingerprint density at radius 3 is 2.86 bits per heavy atom. The maximum absolute atomic E-state index is 13.6. The van der Waals surface area contributed by atoms with E-state index in [1.807, 2.05) is 29.8 Å². The number of carbonyl (C=O) groups excluding carboxylic acids is 1. The minimum atomic E-state index is -0.363. The van der Waals surface area contributed by atoms with Crippen molar-refractivity contribution in [3.05, 3.63) is 72.1 Å². The number of fused-ring (bicyclic) bond motifs is 1. The third kappa shape index (κ3) is 3.14. The molecule has 142 valence electrons. The van der Waals surface area contributed by atoms with Crippen LogP contribution < -0.4 is 11.3 Å². The summed E-state index contributed by atoms with van der Waals surface area (Å²) in [5.41, 5.74) is 4.92. The van der Waals surface area contributed by atoms with E-state index < -0.39 is 0 Å². The van der Waals surface area contributed by atoms with Gasteiger partial charge in [0.15, 0.2) is 0 Å². The second kappa shape index (κ2) is 7.24. The number of aromatic nitrogens is 4. The smallest absolute Gasteiger partial charge is 0.265 e. The van der Waals surface area contributed by atoms with Gasteiger partial charge in [0.25, 0.3) is 5.91 Å². The highest BCUT2D eigenvalue weighted by atomic mass is 19.1. The second-order valence-electron chi connectivity index (χ2n) is 6.34. The molecule has 0 saturated carbocycles. The summed E-state index contributed by atoms with van der Waals surface area (Å²) in [6.45, 7) is 3.22. The maximum Gasteiger partial charge on any atom is 0.265 e. The summed E-state index contributed by atoms with van der Waals surface area (Å²) in [7, 11) is 0. The number of amides is 1. The van der Waals surface area contributed by atoms with E-state index in [2.05, 4.69) is 15.0 Å². The zero-order chi connectivity index (χ0) is 19.7. The minimum Gasteiger partial charge on any atom is -0.327 e. The van der Waals surface area contributed by atoms with Crippen molar-refractivity contribution in [2.24, 2.45) is 5.84 Å². The molecule has 2 heterocycles. The number of hydrogen-bond donors (Lipinski definition) is 2. The van der Waals surface area contributed by atoms with Crippen LogP contribution in [0.15, 0.2) is 54.9 Å². The molecular weight excluding hydrogens is 359 g/mol. The predicted octanol–water partition coefficient (Wildman–Crippen LogP) is 2.71. The summed E-state index contributed by atoms with van der Waals surface area (Å²) < 4.78 is 17.6. The molecule has 2 aromatic carbocycles. The fourth-order valence-corrected chi connectivity index (χ4v) is 3.35. The molecule has 2 aromatic heterocycles. The molecule has 0 aliphatic heterocycles. The Labute approximate surface area is 160 Å². The first-order valence-corrected chi connectivity index (χ1v) is 8.88. The van der Waals surface area contributed by atoms with Gasteiger partial charge in [-0.3, -0.25) is 10.2 Å². The van der Waals surface area contributed by atoms with Crippen molar-refractivity contribution >= 4 is 16.9 Å². The first-order valence-electron chi connectivity index (χ1n) is 8.88. The maximum atomic E-state index is 13.6. The van der Waals surface area contributed by atoms with Gasteiger partial charge < -0.3 is 9.13 Å². The Kier molecular flexibility index (Phi) is 4.62. The first-order chi connectivity index (χ1) is 13.6. The fraction of sp³-hybridized carbons (Fsp3) is 0.150. The van der Waals surface area contributed by atoms with Crippen molar-refractivity contribution in [2.75, 3.05) is 0 Å². The van der Waals surface area contributed by atoms with Crippen LogP contribution in [0.25, 0.3) is 22.4 Å². The van der Waals surface area contributed by atoms with Crippen LogP contribution in [0.3, 0.4) is 0 Å². The molecule has 4 aromatic rings. The lowest BCUT2D eigenvalue weighted by molar-refractivity contribution is 0.0954. The molecule has 0 aliphatic carbocycles. The number of nitrogens with one attached hydrogen (secondary N) is 1. The molecule has 0 unspecified atom stereocenters. The van der Waals surface area contributed by atoms with Crippen LogP contribution >= 0.6 is 0 Å². The third-order valence-electron chi connectivity index (χ3n) is 4.65. The zero-order valence-electron chi connectivity index (χ0n) is 15.3. The van der Waals surface area contributed by atoms with Crippen LogP contribution in [0.1, 0.15) is 23.1 Å². The molecule has 0 bridgehead atoms. The molecule has 4 rings (SSSR count). The quantitative estimate of drug-likeness (QED) is 0.317. The van der Waals surface area contributed by atoms with Crippen LogP contribution in [0.5, 0.6) is 0 Å². The molecule has 0 aliphatic rings. The summed E-state index contributed by atoms with van der Waals surface area (Å²) in [4.78, 5) is 20.9. The van der Waals surface area contributed by atoms with E-state index in [9.17, 15) is 9.18 Å². The van der Waals surface area contributed by atoms with Crippen LogP contribution in [0.4, 0.5) is 4.39 Å². The number of hydrogen-bond acceptors (Lipinski definition) is 4. The summed E-state index contributed by atoms with van der Waals surface area (Å²) in [6, 6.07) is 11.6. The molecule has 28 heavy (non-hydrogen) atoms. The molecule has 1 amide bonds. The van der Waals surface area contributed by atoms with Crippen molar-refractivity contribution in [2.45, 2.75) is 20.0 Å². The van der Waals surface area contributed by atoms with Gasteiger partial charge in [-0.25, -0.2) is 20.2 Å². The number of nitrogens with zero attached hydrogens (tertiary/aromatic N) is 4. The highest BCUT2D eigenvalue weighted by Crippen LogP contribution is 2.22. The van der Waals surface area contributed by atoms with E-state index >= 15 is 0 Å². The fourth-order valence-electron chi connectivity index (χ4n) is 3.35. The summed E-state index contributed by atoms with van der Waals surface area (Å²) in [6.07, 6.45) is 3.52. The number of hydrazine groups is 1. The number of benzene rings is 2. The number of imidazole rings is 2. The van der Waals surface area contributed by atoms with Gasteiger partial charge in [-0.1, -0.05) is 12.1 Å². The highest BCUT2D eigenvalue weighted by Gasteiger charge is 2.15. The molecule has 0 saturated heterocycles. The molecular formula is C20H19FN6O. The molecule has 0 atom stereocenters. The lowest BCUT2D eigenvalue weighted by Crippen LogP contribution is -2.29. The topological polar surface area (TPSA) is 90.8 Å². The lowest BCUT2D eigenvalue weighted by Gasteiger charge is -2.10. The zero-order valence-corrected chi connectivity index (χ0v) is 15.3. The van der Waals surface area contributed by atoms with E-state index in [0.717, 1.165) is 17.9 Å². The Morgan fingerprint density at radius 1 is 1.25 bits per heavy atom. The van der Waals surface area contributed by atoms with Gasteiger partial charge in [-0.15, -0.1) is 0 Å². The van der Waals surface area contributed by atoms with Crippen LogP contribution in [-0.4, -0.2) is 25.0 Å². The van der Waals surface area contributed by atoms with Gasteiger partial charge in [0, 0.05) is 30.1 Å². The van der Waals surface area contributed by atoms with Crippen molar-refractivity contribution in [3.63, 3.8) is 0 Å². The van der Waals surface area contributed by atoms with E-state index in [1.54, 1.807) is 24.4 Å². The molecule has 0 spiro atoms. The Bertz CT molecular complexity index is 1160. The van der Waals surface area contributed by atoms with Crippen molar-refractivity contribution in [3.8, 4) is 11.4 Å². The second-order valence-corrected chi connectivity index (χ2v) is 6.34. The summed E-state index contributed by atoms with van der Waals surface area (Å²) >= 11 is 0. The average Bonchev–Trinajstić information content (AvgIpc) is 3.30. The molecule has 3 N–H and O–H groups in total. The van der Waals surface area contributed by atoms with E-state index in [0.29, 0.717) is 29.0 Å². The van der Waals surface area contributed by atoms with Gasteiger partial charge in [0.2, 0.25) is 0 Å². The van der Waals surface area contributed by atoms with E-state index in [-0.39, 0.29) is 11.7 Å². The first kappa shape index (κ1) is 17.9. The number of rotatable bonds is 5. The summed E-state index contributed by atoms with van der Waals surface area (Å²) in [5.74, 6) is 6.03. The van der Waals surface area contributed by atoms with Gasteiger partial charge in [0.1, 0.15) is 17.5 Å². The van der Waals surface area contributed by atoms with Gasteiger partial charge >= 0.3 is 0 Å².